The maximum Gasteiger partial charge on any atom is 0.226 e. The summed E-state index contributed by atoms with van der Waals surface area (Å²) in [5.41, 5.74) is 0.327. The Morgan fingerprint density at radius 2 is 1.82 bits per heavy atom. The average molecular weight is 238 g/mol. The van der Waals surface area contributed by atoms with E-state index in [9.17, 15) is 4.79 Å². The Morgan fingerprint density at radius 1 is 1.24 bits per heavy atom. The van der Waals surface area contributed by atoms with Gasteiger partial charge in [0, 0.05) is 25.0 Å². The quantitative estimate of drug-likeness (QED) is 0.796. The van der Waals surface area contributed by atoms with Crippen LogP contribution in [-0.4, -0.2) is 37.0 Å². The second kappa shape index (κ2) is 3.98. The van der Waals surface area contributed by atoms with E-state index in [1.807, 2.05) is 7.05 Å². The molecule has 1 aliphatic heterocycles. The molecule has 1 atom stereocenters. The second-order valence-corrected chi connectivity index (χ2v) is 6.79. The van der Waals surface area contributed by atoms with Gasteiger partial charge >= 0.3 is 0 Å². The van der Waals surface area contributed by atoms with Crippen molar-refractivity contribution in [3.63, 3.8) is 0 Å². The first kappa shape index (κ1) is 12.9. The van der Waals surface area contributed by atoms with Crippen molar-refractivity contribution < 1.29 is 4.79 Å². The van der Waals surface area contributed by atoms with Gasteiger partial charge in [-0.15, -0.1) is 0 Å². The van der Waals surface area contributed by atoms with Crippen molar-refractivity contribution in [1.82, 2.24) is 10.2 Å². The number of likely N-dealkylation sites (tertiary alicyclic amines) is 1. The van der Waals surface area contributed by atoms with Crippen molar-refractivity contribution in [3.8, 4) is 0 Å². The van der Waals surface area contributed by atoms with Gasteiger partial charge in [-0.3, -0.25) is 4.79 Å². The van der Waals surface area contributed by atoms with Crippen LogP contribution in [0.15, 0.2) is 0 Å². The van der Waals surface area contributed by atoms with Crippen LogP contribution in [-0.2, 0) is 4.79 Å². The molecule has 1 saturated heterocycles. The van der Waals surface area contributed by atoms with E-state index in [0.717, 1.165) is 19.5 Å². The number of nitrogens with zero attached hydrogens (tertiary/aromatic N) is 1. The van der Waals surface area contributed by atoms with Crippen LogP contribution in [0.2, 0.25) is 0 Å². The van der Waals surface area contributed by atoms with Gasteiger partial charge in [0.15, 0.2) is 0 Å². The lowest BCUT2D eigenvalue weighted by Gasteiger charge is -2.33. The Hall–Kier alpha value is -0.570. The van der Waals surface area contributed by atoms with Gasteiger partial charge in [0.25, 0.3) is 0 Å². The van der Waals surface area contributed by atoms with E-state index in [1.54, 1.807) is 0 Å². The molecule has 0 aromatic carbocycles. The SMILES string of the molecule is CN[C@@H]1CCCN(C(=O)C2C(C)(C)C2(C)C)C1. The maximum absolute atomic E-state index is 12.6. The van der Waals surface area contributed by atoms with Gasteiger partial charge in [-0.2, -0.15) is 0 Å². The number of carbonyl (C=O) groups is 1. The Balaban J connectivity index is 2.02. The van der Waals surface area contributed by atoms with Crippen LogP contribution in [0.3, 0.4) is 0 Å². The van der Waals surface area contributed by atoms with Gasteiger partial charge in [0.2, 0.25) is 5.91 Å². The summed E-state index contributed by atoms with van der Waals surface area (Å²) in [6, 6.07) is 0.484. The zero-order valence-corrected chi connectivity index (χ0v) is 11.8. The molecule has 0 aromatic rings. The first-order valence-electron chi connectivity index (χ1n) is 6.78. The molecule has 17 heavy (non-hydrogen) atoms. The van der Waals surface area contributed by atoms with Crippen LogP contribution < -0.4 is 5.32 Å². The standard InChI is InChI=1S/C14H26N2O/c1-13(2)11(14(13,3)4)12(17)16-8-6-7-10(9-16)15-5/h10-11,15H,6-9H2,1-5H3/t10-/m1/s1. The highest BCUT2D eigenvalue weighted by Gasteiger charge is 2.68. The lowest BCUT2D eigenvalue weighted by atomic mass is 10.0. The fraction of sp³-hybridized carbons (Fsp3) is 0.929. The second-order valence-electron chi connectivity index (χ2n) is 6.79. The summed E-state index contributed by atoms with van der Waals surface area (Å²) < 4.78 is 0. The minimum absolute atomic E-state index is 0.163. The van der Waals surface area contributed by atoms with E-state index in [-0.39, 0.29) is 16.7 Å². The molecular formula is C14H26N2O. The molecule has 1 aliphatic carbocycles. The Labute approximate surface area is 105 Å². The zero-order chi connectivity index (χ0) is 12.8. The molecule has 3 nitrogen and oxygen atoms in total. The van der Waals surface area contributed by atoms with Crippen molar-refractivity contribution in [1.29, 1.82) is 0 Å². The molecule has 1 amide bonds. The van der Waals surface area contributed by atoms with E-state index in [0.29, 0.717) is 11.9 Å². The molecule has 1 N–H and O–H groups in total. The number of amides is 1. The first-order chi connectivity index (χ1) is 7.82. The van der Waals surface area contributed by atoms with E-state index >= 15 is 0 Å². The van der Waals surface area contributed by atoms with E-state index in [2.05, 4.69) is 37.9 Å². The fourth-order valence-electron chi connectivity index (χ4n) is 3.41. The Bertz CT molecular complexity index is 308. The fourth-order valence-corrected chi connectivity index (χ4v) is 3.41. The minimum Gasteiger partial charge on any atom is -0.341 e. The van der Waals surface area contributed by atoms with E-state index in [1.165, 1.54) is 6.42 Å². The number of piperidine rings is 1. The number of hydrogen-bond acceptors (Lipinski definition) is 2. The van der Waals surface area contributed by atoms with Crippen molar-refractivity contribution in [2.24, 2.45) is 16.7 Å². The monoisotopic (exact) mass is 238 g/mol. The highest BCUT2D eigenvalue weighted by atomic mass is 16.2. The molecule has 0 aromatic heterocycles. The predicted octanol–water partition coefficient (Wildman–Crippen LogP) is 1.88. The summed E-state index contributed by atoms with van der Waals surface area (Å²) in [5, 5.41) is 3.30. The third-order valence-electron chi connectivity index (χ3n) is 5.41. The van der Waals surface area contributed by atoms with Gasteiger partial charge in [-0.25, -0.2) is 0 Å². The smallest absolute Gasteiger partial charge is 0.226 e. The molecule has 2 fully saturated rings. The maximum atomic E-state index is 12.6. The molecule has 1 heterocycles. The van der Waals surface area contributed by atoms with Crippen LogP contribution in [0.25, 0.3) is 0 Å². The third kappa shape index (κ3) is 1.88. The minimum atomic E-state index is 0.163. The molecule has 1 saturated carbocycles. The van der Waals surface area contributed by atoms with Crippen molar-refractivity contribution in [2.75, 3.05) is 20.1 Å². The summed E-state index contributed by atoms with van der Waals surface area (Å²) in [5.74, 6) is 0.588. The van der Waals surface area contributed by atoms with Crippen LogP contribution in [0.1, 0.15) is 40.5 Å². The highest BCUT2D eigenvalue weighted by molar-refractivity contribution is 5.84. The van der Waals surface area contributed by atoms with Gasteiger partial charge in [-0.05, 0) is 30.7 Å². The topological polar surface area (TPSA) is 32.3 Å². The van der Waals surface area contributed by atoms with Gasteiger partial charge < -0.3 is 10.2 Å². The number of hydrogen-bond donors (Lipinski definition) is 1. The van der Waals surface area contributed by atoms with Crippen LogP contribution in [0.5, 0.6) is 0 Å². The largest absolute Gasteiger partial charge is 0.341 e. The Kier molecular flexibility index (Phi) is 3.01. The molecule has 0 radical (unpaired) electrons. The first-order valence-corrected chi connectivity index (χ1v) is 6.78. The normalized spacial score (nSPS) is 31.4. The van der Waals surface area contributed by atoms with Crippen molar-refractivity contribution in [2.45, 2.75) is 46.6 Å². The lowest BCUT2D eigenvalue weighted by molar-refractivity contribution is -0.135. The Morgan fingerprint density at radius 3 is 2.29 bits per heavy atom. The number of likely N-dealkylation sites (N-methyl/N-ethyl adjacent to an activating group) is 1. The van der Waals surface area contributed by atoms with Gasteiger partial charge in [0.1, 0.15) is 0 Å². The van der Waals surface area contributed by atoms with Crippen molar-refractivity contribution in [3.05, 3.63) is 0 Å². The molecule has 0 bridgehead atoms. The molecule has 0 spiro atoms. The molecule has 2 rings (SSSR count). The van der Waals surface area contributed by atoms with E-state index < -0.39 is 0 Å². The van der Waals surface area contributed by atoms with Crippen molar-refractivity contribution >= 4 is 5.91 Å². The summed E-state index contributed by atoms with van der Waals surface area (Å²) in [6.07, 6.45) is 2.32. The van der Waals surface area contributed by atoms with Gasteiger partial charge in [-0.1, -0.05) is 27.7 Å². The summed E-state index contributed by atoms with van der Waals surface area (Å²) in [6.45, 7) is 10.7. The summed E-state index contributed by atoms with van der Waals surface area (Å²) in [4.78, 5) is 14.6. The van der Waals surface area contributed by atoms with Crippen LogP contribution in [0.4, 0.5) is 0 Å². The van der Waals surface area contributed by atoms with E-state index in [4.69, 9.17) is 0 Å². The molecular weight excluding hydrogens is 212 g/mol. The summed E-state index contributed by atoms with van der Waals surface area (Å²) >= 11 is 0. The van der Waals surface area contributed by atoms with Crippen LogP contribution >= 0.6 is 0 Å². The predicted molar refractivity (Wildman–Crippen MR) is 69.7 cm³/mol. The number of rotatable bonds is 2. The lowest BCUT2D eigenvalue weighted by Crippen LogP contribution is -2.48. The van der Waals surface area contributed by atoms with Gasteiger partial charge in [0.05, 0.1) is 0 Å². The zero-order valence-electron chi connectivity index (χ0n) is 11.8. The van der Waals surface area contributed by atoms with Crippen LogP contribution in [0, 0.1) is 16.7 Å². The number of nitrogens with one attached hydrogen (secondary N) is 1. The third-order valence-corrected chi connectivity index (χ3v) is 5.41. The molecule has 0 unspecified atom stereocenters. The summed E-state index contributed by atoms with van der Waals surface area (Å²) in [7, 11) is 1.99. The average Bonchev–Trinajstić information content (AvgIpc) is 2.69. The number of carbonyl (C=O) groups excluding carboxylic acids is 1. The molecule has 2 aliphatic rings. The highest BCUT2D eigenvalue weighted by Crippen LogP contribution is 2.68. The molecule has 98 valence electrons. The molecule has 3 heteroatoms.